The molecular weight excluding hydrogens is 465 g/mol. The number of carbonyl (C=O) groups excluding carboxylic acids is 4. The molecule has 1 spiro atoms. The quantitative estimate of drug-likeness (QED) is 0.643. The van der Waals surface area contributed by atoms with Crippen LogP contribution in [0.2, 0.25) is 0 Å². The van der Waals surface area contributed by atoms with Crippen LogP contribution in [0.5, 0.6) is 0 Å². The van der Waals surface area contributed by atoms with Gasteiger partial charge in [-0.1, -0.05) is 31.5 Å². The standard InChI is InChI=1S/C26H30FN5O4/c1-16(2)21(29-22(33)18-15-17(3)8-9-19(18)27)23(34)31-13-10-26(11-14-31)24(35)30(4)25(36)32(26)20-7-5-6-12-28-20/h5-9,12,15-16,21H,10-11,13-14H2,1-4H3,(H,29,33)/t21-/m1/s1. The average Bonchev–Trinajstić information content (AvgIpc) is 3.04. The predicted molar refractivity (Wildman–Crippen MR) is 131 cm³/mol. The van der Waals surface area contributed by atoms with Crippen LogP contribution >= 0.6 is 0 Å². The normalized spacial score (nSPS) is 18.2. The summed E-state index contributed by atoms with van der Waals surface area (Å²) < 4.78 is 14.2. The van der Waals surface area contributed by atoms with Crippen molar-refractivity contribution in [1.29, 1.82) is 0 Å². The number of carbonyl (C=O) groups is 4. The summed E-state index contributed by atoms with van der Waals surface area (Å²) in [5.41, 5.74) is -0.512. The van der Waals surface area contributed by atoms with Crippen molar-refractivity contribution in [3.8, 4) is 0 Å². The van der Waals surface area contributed by atoms with Crippen molar-refractivity contribution in [1.82, 2.24) is 20.1 Å². The monoisotopic (exact) mass is 495 g/mol. The molecule has 1 N–H and O–H groups in total. The number of pyridine rings is 1. The maximum Gasteiger partial charge on any atom is 0.333 e. The topological polar surface area (TPSA) is 103 Å². The number of nitrogens with one attached hydrogen (secondary N) is 1. The first-order chi connectivity index (χ1) is 17.1. The summed E-state index contributed by atoms with van der Waals surface area (Å²) >= 11 is 0. The lowest BCUT2D eigenvalue weighted by Gasteiger charge is -2.42. The van der Waals surface area contributed by atoms with Crippen molar-refractivity contribution in [3.63, 3.8) is 0 Å². The van der Waals surface area contributed by atoms with E-state index in [0.29, 0.717) is 5.82 Å². The molecule has 0 saturated carbocycles. The van der Waals surface area contributed by atoms with Gasteiger partial charge in [-0.2, -0.15) is 0 Å². The molecule has 0 radical (unpaired) electrons. The number of hydrogen-bond acceptors (Lipinski definition) is 5. The summed E-state index contributed by atoms with van der Waals surface area (Å²) in [5, 5.41) is 2.70. The number of anilines is 1. The highest BCUT2D eigenvalue weighted by Gasteiger charge is 2.58. The van der Waals surface area contributed by atoms with Crippen LogP contribution in [-0.4, -0.2) is 70.3 Å². The number of likely N-dealkylation sites (N-methyl/N-ethyl adjacent to an activating group) is 1. The second-order valence-electron chi connectivity index (χ2n) is 9.71. The Morgan fingerprint density at radius 1 is 1.11 bits per heavy atom. The summed E-state index contributed by atoms with van der Waals surface area (Å²) in [7, 11) is 1.45. The average molecular weight is 496 g/mol. The van der Waals surface area contributed by atoms with Gasteiger partial charge in [-0.05, 0) is 49.9 Å². The molecule has 36 heavy (non-hydrogen) atoms. The van der Waals surface area contributed by atoms with Crippen LogP contribution < -0.4 is 10.2 Å². The van der Waals surface area contributed by atoms with E-state index in [4.69, 9.17) is 0 Å². The van der Waals surface area contributed by atoms with Crippen molar-refractivity contribution >= 4 is 29.6 Å². The van der Waals surface area contributed by atoms with Crippen LogP contribution in [0.25, 0.3) is 0 Å². The van der Waals surface area contributed by atoms with E-state index in [2.05, 4.69) is 10.3 Å². The Labute approximate surface area is 209 Å². The van der Waals surface area contributed by atoms with E-state index in [1.165, 1.54) is 24.1 Å². The lowest BCUT2D eigenvalue weighted by atomic mass is 9.85. The van der Waals surface area contributed by atoms with Crippen molar-refractivity contribution < 1.29 is 23.6 Å². The molecule has 3 heterocycles. The molecule has 1 atom stereocenters. The Hall–Kier alpha value is -3.82. The van der Waals surface area contributed by atoms with Crippen molar-refractivity contribution in [3.05, 3.63) is 59.5 Å². The molecule has 0 bridgehead atoms. The Kier molecular flexibility index (Phi) is 6.79. The number of amides is 5. The third kappa shape index (κ3) is 4.31. The van der Waals surface area contributed by atoms with Crippen molar-refractivity contribution in [2.45, 2.75) is 45.2 Å². The number of hydrogen-bond donors (Lipinski definition) is 1. The summed E-state index contributed by atoms with van der Waals surface area (Å²) in [5.74, 6) is -1.82. The summed E-state index contributed by atoms with van der Waals surface area (Å²) in [6.45, 7) is 5.79. The number of piperidine rings is 1. The van der Waals surface area contributed by atoms with Crippen LogP contribution in [0, 0.1) is 18.7 Å². The maximum absolute atomic E-state index is 14.2. The van der Waals surface area contributed by atoms with Crippen LogP contribution in [-0.2, 0) is 9.59 Å². The first-order valence-electron chi connectivity index (χ1n) is 12.0. The molecule has 2 fully saturated rings. The Balaban J connectivity index is 1.52. The second-order valence-corrected chi connectivity index (χ2v) is 9.71. The SMILES string of the molecule is Cc1ccc(F)c(C(=O)N[C@@H](C(=O)N2CCC3(CC2)C(=O)N(C)C(=O)N3c2ccccn2)C(C)C)c1. The molecule has 2 saturated heterocycles. The lowest BCUT2D eigenvalue weighted by molar-refractivity contribution is -0.139. The fourth-order valence-electron chi connectivity index (χ4n) is 4.91. The van der Waals surface area contributed by atoms with Gasteiger partial charge in [0.25, 0.3) is 11.8 Å². The summed E-state index contributed by atoms with van der Waals surface area (Å²) in [6, 6.07) is 8.07. The van der Waals surface area contributed by atoms with Crippen LogP contribution in [0.4, 0.5) is 15.0 Å². The van der Waals surface area contributed by atoms with Crippen LogP contribution in [0.1, 0.15) is 42.6 Å². The maximum atomic E-state index is 14.2. The number of halogens is 1. The zero-order valence-electron chi connectivity index (χ0n) is 20.8. The van der Waals surface area contributed by atoms with Crippen LogP contribution in [0.15, 0.2) is 42.6 Å². The Bertz CT molecular complexity index is 1190. The third-order valence-corrected chi connectivity index (χ3v) is 6.98. The molecule has 0 unspecified atom stereocenters. The first-order valence-corrected chi connectivity index (χ1v) is 12.0. The second kappa shape index (κ2) is 9.67. The highest BCUT2D eigenvalue weighted by atomic mass is 19.1. The predicted octanol–water partition coefficient (Wildman–Crippen LogP) is 2.74. The molecule has 10 heteroatoms. The van der Waals surface area contributed by atoms with Gasteiger partial charge >= 0.3 is 6.03 Å². The molecule has 1 aromatic carbocycles. The number of nitrogens with zero attached hydrogens (tertiary/aromatic N) is 4. The van der Waals surface area contributed by atoms with Gasteiger partial charge in [-0.15, -0.1) is 0 Å². The van der Waals surface area contributed by atoms with E-state index in [1.807, 2.05) is 0 Å². The fraction of sp³-hybridized carbons (Fsp3) is 0.423. The van der Waals surface area contributed by atoms with Gasteiger partial charge in [0, 0.05) is 26.3 Å². The van der Waals surface area contributed by atoms with Crippen molar-refractivity contribution in [2.24, 2.45) is 5.92 Å². The third-order valence-electron chi connectivity index (χ3n) is 6.98. The molecule has 2 aliphatic rings. The van der Waals surface area contributed by atoms with E-state index in [9.17, 15) is 23.6 Å². The first kappa shape index (κ1) is 25.3. The Morgan fingerprint density at radius 2 is 1.81 bits per heavy atom. The van der Waals surface area contributed by atoms with Gasteiger partial charge < -0.3 is 10.2 Å². The minimum absolute atomic E-state index is 0.116. The largest absolute Gasteiger partial charge is 0.341 e. The summed E-state index contributed by atoms with van der Waals surface area (Å²) in [6.07, 6.45) is 2.02. The number of likely N-dealkylation sites (tertiary alicyclic amines) is 1. The van der Waals surface area contributed by atoms with Gasteiger partial charge in [0.05, 0.1) is 5.56 Å². The number of imide groups is 1. The van der Waals surface area contributed by atoms with E-state index in [0.717, 1.165) is 10.5 Å². The molecular formula is C26H30FN5O4. The number of aromatic nitrogens is 1. The number of urea groups is 1. The molecule has 0 aliphatic carbocycles. The molecule has 1 aromatic heterocycles. The fourth-order valence-corrected chi connectivity index (χ4v) is 4.91. The van der Waals surface area contributed by atoms with Crippen molar-refractivity contribution in [2.75, 3.05) is 25.0 Å². The number of aryl methyl sites for hydroxylation is 1. The van der Waals surface area contributed by atoms with Gasteiger partial charge in [0.2, 0.25) is 5.91 Å². The zero-order chi connectivity index (χ0) is 26.2. The van der Waals surface area contributed by atoms with Gasteiger partial charge in [0.1, 0.15) is 23.2 Å². The van der Waals surface area contributed by atoms with E-state index >= 15 is 0 Å². The molecule has 4 rings (SSSR count). The molecule has 190 valence electrons. The molecule has 5 amide bonds. The smallest absolute Gasteiger partial charge is 0.333 e. The minimum Gasteiger partial charge on any atom is -0.341 e. The van der Waals surface area contributed by atoms with E-state index < -0.39 is 29.3 Å². The number of benzene rings is 1. The van der Waals surface area contributed by atoms with E-state index in [-0.39, 0.29) is 49.2 Å². The highest BCUT2D eigenvalue weighted by molar-refractivity contribution is 6.16. The van der Waals surface area contributed by atoms with E-state index in [1.54, 1.807) is 56.1 Å². The number of rotatable bonds is 5. The Morgan fingerprint density at radius 3 is 2.42 bits per heavy atom. The molecule has 2 aromatic rings. The van der Waals surface area contributed by atoms with Gasteiger partial charge in [-0.3, -0.25) is 24.2 Å². The van der Waals surface area contributed by atoms with Gasteiger partial charge in [-0.25, -0.2) is 14.2 Å². The highest BCUT2D eigenvalue weighted by Crippen LogP contribution is 2.39. The van der Waals surface area contributed by atoms with Gasteiger partial charge in [0.15, 0.2) is 0 Å². The summed E-state index contributed by atoms with van der Waals surface area (Å²) in [4.78, 5) is 60.8. The lowest BCUT2D eigenvalue weighted by Crippen LogP contribution is -2.60. The molecule has 9 nitrogen and oxygen atoms in total. The zero-order valence-corrected chi connectivity index (χ0v) is 20.8. The van der Waals surface area contributed by atoms with Crippen LogP contribution in [0.3, 0.4) is 0 Å². The molecule has 2 aliphatic heterocycles. The minimum atomic E-state index is -1.13.